The van der Waals surface area contributed by atoms with Gasteiger partial charge in [-0.3, -0.25) is 14.4 Å². The number of carbonyl (C=O) groups excluding carboxylic acids is 3. The predicted molar refractivity (Wildman–Crippen MR) is 120 cm³/mol. The van der Waals surface area contributed by atoms with Gasteiger partial charge < -0.3 is 25.6 Å². The van der Waals surface area contributed by atoms with Gasteiger partial charge in [0, 0.05) is 31.7 Å². The molecule has 1 aromatic carbocycles. The number of hydrogen-bond acceptors (Lipinski definition) is 6. The predicted octanol–water partition coefficient (Wildman–Crippen LogP) is 1.78. The van der Waals surface area contributed by atoms with E-state index in [4.69, 9.17) is 10.5 Å². The third-order valence-corrected chi connectivity index (χ3v) is 6.04. The van der Waals surface area contributed by atoms with Crippen LogP contribution in [-0.2, 0) is 14.4 Å². The zero-order chi connectivity index (χ0) is 22.7. The molecule has 0 bridgehead atoms. The second-order valence-electron chi connectivity index (χ2n) is 8.19. The molecule has 4 rings (SSSR count). The zero-order valence-corrected chi connectivity index (χ0v) is 18.0. The summed E-state index contributed by atoms with van der Waals surface area (Å²) in [4.78, 5) is 44.8. The number of rotatable bonds is 6. The summed E-state index contributed by atoms with van der Waals surface area (Å²) in [6, 6.07) is 10.8. The van der Waals surface area contributed by atoms with Crippen LogP contribution < -0.4 is 25.6 Å². The molecule has 168 valence electrons. The standard InChI is InChI=1S/C23H27N5O4/c1-32-19-7-5-18(6-8-19)28-14-16(11-21(28)29)23(31)26-17-4-9-20(25-12-17)27-10-2-3-15(13-27)22(24)30/h4-9,12,15-16H,2-3,10-11,13-14H2,1H3,(H2,24,30)(H,26,31). The Hall–Kier alpha value is -3.62. The average molecular weight is 438 g/mol. The smallest absolute Gasteiger partial charge is 0.229 e. The Balaban J connectivity index is 1.35. The van der Waals surface area contributed by atoms with Gasteiger partial charge in [-0.2, -0.15) is 0 Å². The van der Waals surface area contributed by atoms with E-state index in [-0.39, 0.29) is 30.1 Å². The van der Waals surface area contributed by atoms with Crippen molar-refractivity contribution in [1.82, 2.24) is 4.98 Å². The fraction of sp³-hybridized carbons (Fsp3) is 0.391. The van der Waals surface area contributed by atoms with Crippen LogP contribution in [0.4, 0.5) is 17.2 Å². The van der Waals surface area contributed by atoms with Crippen molar-refractivity contribution < 1.29 is 19.1 Å². The molecule has 0 saturated carbocycles. The minimum atomic E-state index is -0.442. The SMILES string of the molecule is COc1ccc(N2CC(C(=O)Nc3ccc(N4CCCC(C(N)=O)C4)nc3)CC2=O)cc1. The van der Waals surface area contributed by atoms with Gasteiger partial charge >= 0.3 is 0 Å². The number of benzene rings is 1. The van der Waals surface area contributed by atoms with Crippen molar-refractivity contribution in [3.8, 4) is 5.75 Å². The normalized spacial score (nSPS) is 20.8. The van der Waals surface area contributed by atoms with Crippen LogP contribution in [0.25, 0.3) is 0 Å². The molecule has 2 saturated heterocycles. The largest absolute Gasteiger partial charge is 0.497 e. The van der Waals surface area contributed by atoms with Crippen LogP contribution in [-0.4, -0.2) is 49.4 Å². The Bertz CT molecular complexity index is 992. The monoisotopic (exact) mass is 437 g/mol. The number of primary amides is 1. The average Bonchev–Trinajstić information content (AvgIpc) is 3.21. The number of nitrogens with one attached hydrogen (secondary N) is 1. The summed E-state index contributed by atoms with van der Waals surface area (Å²) in [5.74, 6) is 0.263. The molecular formula is C23H27N5O4. The van der Waals surface area contributed by atoms with Crippen molar-refractivity contribution in [2.45, 2.75) is 19.3 Å². The van der Waals surface area contributed by atoms with Gasteiger partial charge in [0.1, 0.15) is 11.6 Å². The fourth-order valence-electron chi connectivity index (χ4n) is 4.20. The number of piperidine rings is 1. The molecule has 2 aliphatic rings. The Morgan fingerprint density at radius 3 is 2.56 bits per heavy atom. The number of carbonyl (C=O) groups is 3. The van der Waals surface area contributed by atoms with Gasteiger partial charge in [0.05, 0.1) is 30.8 Å². The summed E-state index contributed by atoms with van der Waals surface area (Å²) in [5, 5.41) is 2.86. The molecular weight excluding hydrogens is 410 g/mol. The first-order valence-electron chi connectivity index (χ1n) is 10.7. The molecule has 9 nitrogen and oxygen atoms in total. The lowest BCUT2D eigenvalue weighted by atomic mass is 9.97. The van der Waals surface area contributed by atoms with E-state index in [0.717, 1.165) is 30.9 Å². The van der Waals surface area contributed by atoms with Gasteiger partial charge in [-0.05, 0) is 49.2 Å². The van der Waals surface area contributed by atoms with Gasteiger partial charge in [0.2, 0.25) is 17.7 Å². The van der Waals surface area contributed by atoms with Gasteiger partial charge in [-0.1, -0.05) is 0 Å². The van der Waals surface area contributed by atoms with E-state index in [2.05, 4.69) is 10.3 Å². The summed E-state index contributed by atoms with van der Waals surface area (Å²) >= 11 is 0. The molecule has 3 N–H and O–H groups in total. The number of anilines is 3. The van der Waals surface area contributed by atoms with Gasteiger partial charge in [0.25, 0.3) is 0 Å². The maximum absolute atomic E-state index is 12.7. The number of methoxy groups -OCH3 is 1. The highest BCUT2D eigenvalue weighted by Crippen LogP contribution is 2.28. The molecule has 2 atom stereocenters. The number of nitrogens with zero attached hydrogens (tertiary/aromatic N) is 3. The van der Waals surface area contributed by atoms with Gasteiger partial charge in [-0.15, -0.1) is 0 Å². The molecule has 3 amide bonds. The Kier molecular flexibility index (Phi) is 6.25. The summed E-state index contributed by atoms with van der Waals surface area (Å²) in [5.41, 5.74) is 6.76. The van der Waals surface area contributed by atoms with Crippen molar-refractivity contribution in [2.75, 3.05) is 41.9 Å². The minimum Gasteiger partial charge on any atom is -0.497 e. The first kappa shape index (κ1) is 21.6. The van der Waals surface area contributed by atoms with E-state index in [9.17, 15) is 14.4 Å². The molecule has 2 aromatic rings. The summed E-state index contributed by atoms with van der Waals surface area (Å²) in [7, 11) is 1.59. The first-order valence-corrected chi connectivity index (χ1v) is 10.7. The molecule has 0 aliphatic carbocycles. The van der Waals surface area contributed by atoms with E-state index in [1.807, 2.05) is 23.1 Å². The topological polar surface area (TPSA) is 118 Å². The van der Waals surface area contributed by atoms with E-state index in [1.165, 1.54) is 0 Å². The van der Waals surface area contributed by atoms with Crippen LogP contribution in [0.15, 0.2) is 42.6 Å². The van der Waals surface area contributed by atoms with Crippen LogP contribution in [0.3, 0.4) is 0 Å². The van der Waals surface area contributed by atoms with Crippen molar-refractivity contribution >= 4 is 34.9 Å². The van der Waals surface area contributed by atoms with Gasteiger partial charge in [0.15, 0.2) is 0 Å². The zero-order valence-electron chi connectivity index (χ0n) is 18.0. The first-order chi connectivity index (χ1) is 15.4. The number of pyridine rings is 1. The third-order valence-electron chi connectivity index (χ3n) is 6.04. The van der Waals surface area contributed by atoms with Crippen LogP contribution >= 0.6 is 0 Å². The van der Waals surface area contributed by atoms with E-state index in [0.29, 0.717) is 24.5 Å². The Labute approximate surface area is 186 Å². The third kappa shape index (κ3) is 4.66. The molecule has 1 aromatic heterocycles. The van der Waals surface area contributed by atoms with Crippen LogP contribution in [0, 0.1) is 11.8 Å². The van der Waals surface area contributed by atoms with E-state index < -0.39 is 5.92 Å². The number of nitrogens with two attached hydrogens (primary N) is 1. The van der Waals surface area contributed by atoms with E-state index in [1.54, 1.807) is 36.4 Å². The number of hydrogen-bond donors (Lipinski definition) is 2. The molecule has 3 heterocycles. The molecule has 32 heavy (non-hydrogen) atoms. The summed E-state index contributed by atoms with van der Waals surface area (Å²) < 4.78 is 5.15. The lowest BCUT2D eigenvalue weighted by Gasteiger charge is -2.32. The highest BCUT2D eigenvalue weighted by atomic mass is 16.5. The van der Waals surface area contributed by atoms with Crippen molar-refractivity contribution in [3.63, 3.8) is 0 Å². The molecule has 2 fully saturated rings. The maximum Gasteiger partial charge on any atom is 0.229 e. The van der Waals surface area contributed by atoms with Crippen molar-refractivity contribution in [3.05, 3.63) is 42.6 Å². The van der Waals surface area contributed by atoms with Crippen LogP contribution in [0.2, 0.25) is 0 Å². The molecule has 9 heteroatoms. The summed E-state index contributed by atoms with van der Waals surface area (Å²) in [6.45, 7) is 1.69. The van der Waals surface area contributed by atoms with Crippen molar-refractivity contribution in [1.29, 1.82) is 0 Å². The molecule has 2 unspecified atom stereocenters. The highest BCUT2D eigenvalue weighted by Gasteiger charge is 2.35. The lowest BCUT2D eigenvalue weighted by Crippen LogP contribution is -2.41. The minimum absolute atomic E-state index is 0.0853. The van der Waals surface area contributed by atoms with Crippen LogP contribution in [0.1, 0.15) is 19.3 Å². The summed E-state index contributed by atoms with van der Waals surface area (Å²) in [6.07, 6.45) is 3.44. The molecule has 0 spiro atoms. The Morgan fingerprint density at radius 2 is 1.91 bits per heavy atom. The second kappa shape index (κ2) is 9.25. The molecule has 0 radical (unpaired) electrons. The fourth-order valence-corrected chi connectivity index (χ4v) is 4.20. The number of amides is 3. The second-order valence-corrected chi connectivity index (χ2v) is 8.19. The Morgan fingerprint density at radius 1 is 1.12 bits per heavy atom. The number of aromatic nitrogens is 1. The highest BCUT2D eigenvalue weighted by molar-refractivity contribution is 6.03. The van der Waals surface area contributed by atoms with E-state index >= 15 is 0 Å². The van der Waals surface area contributed by atoms with Crippen LogP contribution in [0.5, 0.6) is 5.75 Å². The maximum atomic E-state index is 12.7. The molecule has 2 aliphatic heterocycles. The van der Waals surface area contributed by atoms with Crippen molar-refractivity contribution in [2.24, 2.45) is 17.6 Å². The number of ether oxygens (including phenoxy) is 1. The lowest BCUT2D eigenvalue weighted by molar-refractivity contribution is -0.122. The van der Waals surface area contributed by atoms with Gasteiger partial charge in [-0.25, -0.2) is 4.98 Å². The quantitative estimate of drug-likeness (QED) is 0.711.